The number of nitrogens with zero attached hydrogens (tertiary/aromatic N) is 4. The molecular formula is C20H20FN5O2. The monoisotopic (exact) mass is 381 g/mol. The van der Waals surface area contributed by atoms with Crippen LogP contribution in [0.25, 0.3) is 11.3 Å². The number of anilines is 2. The van der Waals surface area contributed by atoms with Crippen molar-refractivity contribution in [3.8, 4) is 11.3 Å². The molecule has 4 rings (SSSR count). The van der Waals surface area contributed by atoms with Crippen molar-refractivity contribution in [2.45, 2.75) is 19.8 Å². The molecule has 1 fully saturated rings. The second-order valence-corrected chi connectivity index (χ2v) is 6.88. The van der Waals surface area contributed by atoms with Crippen molar-refractivity contribution >= 4 is 17.5 Å². The summed E-state index contributed by atoms with van der Waals surface area (Å²) in [7, 11) is 0. The Hall–Kier alpha value is -3.29. The fourth-order valence-electron chi connectivity index (χ4n) is 3.32. The van der Waals surface area contributed by atoms with E-state index in [1.807, 2.05) is 12.1 Å². The summed E-state index contributed by atoms with van der Waals surface area (Å²) < 4.78 is 18.0. The molecule has 1 aliphatic heterocycles. The van der Waals surface area contributed by atoms with Gasteiger partial charge in [-0.25, -0.2) is 4.39 Å². The molecule has 0 bridgehead atoms. The normalized spacial score (nSPS) is 16.8. The topological polar surface area (TPSA) is 84.2 Å². The quantitative estimate of drug-likeness (QED) is 0.745. The number of halogens is 1. The van der Waals surface area contributed by atoms with E-state index >= 15 is 0 Å². The Balaban J connectivity index is 1.42. The van der Waals surface area contributed by atoms with Gasteiger partial charge in [0, 0.05) is 24.7 Å². The van der Waals surface area contributed by atoms with Gasteiger partial charge in [0.1, 0.15) is 11.6 Å². The summed E-state index contributed by atoms with van der Waals surface area (Å²) in [5, 5.41) is 15.2. The fourth-order valence-corrected chi connectivity index (χ4v) is 3.32. The maximum absolute atomic E-state index is 13.1. The van der Waals surface area contributed by atoms with Gasteiger partial charge < -0.3 is 14.7 Å². The van der Waals surface area contributed by atoms with Crippen LogP contribution in [-0.4, -0.2) is 34.4 Å². The highest BCUT2D eigenvalue weighted by atomic mass is 19.1. The molecule has 2 aromatic heterocycles. The molecule has 0 saturated carbocycles. The van der Waals surface area contributed by atoms with Gasteiger partial charge >= 0.3 is 0 Å². The SMILES string of the molecule is Cc1cc(NC(=O)C2CCCN(c3ccc(-c4ccc(F)cc4)nn3)C2)no1. The zero-order valence-electron chi connectivity index (χ0n) is 15.4. The highest BCUT2D eigenvalue weighted by Gasteiger charge is 2.27. The van der Waals surface area contributed by atoms with E-state index in [0.717, 1.165) is 30.8 Å². The first-order valence-corrected chi connectivity index (χ1v) is 9.17. The van der Waals surface area contributed by atoms with Crippen LogP contribution in [0.2, 0.25) is 0 Å². The molecule has 8 heteroatoms. The van der Waals surface area contributed by atoms with E-state index in [4.69, 9.17) is 4.52 Å². The van der Waals surface area contributed by atoms with Crippen LogP contribution in [0.3, 0.4) is 0 Å². The van der Waals surface area contributed by atoms with Crippen LogP contribution in [0.15, 0.2) is 47.0 Å². The van der Waals surface area contributed by atoms with Gasteiger partial charge in [0.15, 0.2) is 11.6 Å². The third kappa shape index (κ3) is 4.00. The summed E-state index contributed by atoms with van der Waals surface area (Å²) in [5.74, 6) is 1.28. The Bertz CT molecular complexity index is 955. The van der Waals surface area contributed by atoms with Crippen molar-refractivity contribution in [2.75, 3.05) is 23.3 Å². The lowest BCUT2D eigenvalue weighted by molar-refractivity contribution is -0.120. The number of rotatable bonds is 4. The van der Waals surface area contributed by atoms with E-state index in [1.165, 1.54) is 12.1 Å². The van der Waals surface area contributed by atoms with E-state index < -0.39 is 0 Å². The number of nitrogens with one attached hydrogen (secondary N) is 1. The summed E-state index contributed by atoms with van der Waals surface area (Å²) in [5.41, 5.74) is 1.48. The predicted molar refractivity (Wildman–Crippen MR) is 102 cm³/mol. The van der Waals surface area contributed by atoms with Crippen LogP contribution in [-0.2, 0) is 4.79 Å². The van der Waals surface area contributed by atoms with Crippen molar-refractivity contribution in [3.05, 3.63) is 54.0 Å². The predicted octanol–water partition coefficient (Wildman–Crippen LogP) is 3.43. The van der Waals surface area contributed by atoms with Gasteiger partial charge in [0.25, 0.3) is 0 Å². The van der Waals surface area contributed by atoms with Gasteiger partial charge in [-0.3, -0.25) is 4.79 Å². The molecule has 144 valence electrons. The molecule has 7 nitrogen and oxygen atoms in total. The molecule has 0 radical (unpaired) electrons. The number of amides is 1. The summed E-state index contributed by atoms with van der Waals surface area (Å²) in [4.78, 5) is 14.6. The Labute approximate surface area is 161 Å². The number of carbonyl (C=O) groups excluding carboxylic acids is 1. The second kappa shape index (κ2) is 7.75. The number of piperidine rings is 1. The van der Waals surface area contributed by atoms with Crippen LogP contribution in [0, 0.1) is 18.7 Å². The molecule has 28 heavy (non-hydrogen) atoms. The first kappa shape index (κ1) is 18.1. The minimum Gasteiger partial charge on any atom is -0.360 e. The zero-order chi connectivity index (χ0) is 19.5. The lowest BCUT2D eigenvalue weighted by Crippen LogP contribution is -2.41. The van der Waals surface area contributed by atoms with Crippen molar-refractivity contribution < 1.29 is 13.7 Å². The van der Waals surface area contributed by atoms with Crippen LogP contribution >= 0.6 is 0 Å². The molecule has 1 saturated heterocycles. The number of aryl methyl sites for hydroxylation is 1. The number of aromatic nitrogens is 3. The van der Waals surface area contributed by atoms with Crippen molar-refractivity contribution in [1.82, 2.24) is 15.4 Å². The maximum atomic E-state index is 13.1. The second-order valence-electron chi connectivity index (χ2n) is 6.88. The van der Waals surface area contributed by atoms with Gasteiger partial charge in [-0.1, -0.05) is 5.16 Å². The smallest absolute Gasteiger partial charge is 0.230 e. The van der Waals surface area contributed by atoms with Crippen LogP contribution in [0.4, 0.5) is 16.0 Å². The first-order valence-electron chi connectivity index (χ1n) is 9.17. The Kier molecular flexibility index (Phi) is 5.01. The summed E-state index contributed by atoms with van der Waals surface area (Å²) in [6.07, 6.45) is 1.69. The standard InChI is InChI=1S/C20H20FN5O2/c1-13-11-18(25-28-13)22-20(27)15-3-2-10-26(12-15)19-9-8-17(23-24-19)14-4-6-16(21)7-5-14/h4-9,11,15H,2-3,10,12H2,1H3,(H,22,25,27). The Morgan fingerprint density at radius 2 is 2.04 bits per heavy atom. The third-order valence-electron chi connectivity index (χ3n) is 4.79. The van der Waals surface area contributed by atoms with Crippen LogP contribution in [0.5, 0.6) is 0 Å². The number of hydrogen-bond donors (Lipinski definition) is 1. The highest BCUT2D eigenvalue weighted by molar-refractivity contribution is 5.92. The Morgan fingerprint density at radius 3 is 2.71 bits per heavy atom. The fraction of sp³-hybridized carbons (Fsp3) is 0.300. The molecular weight excluding hydrogens is 361 g/mol. The number of carbonyl (C=O) groups is 1. The molecule has 1 aliphatic rings. The highest BCUT2D eigenvalue weighted by Crippen LogP contribution is 2.24. The average molecular weight is 381 g/mol. The lowest BCUT2D eigenvalue weighted by atomic mass is 9.97. The zero-order valence-corrected chi connectivity index (χ0v) is 15.4. The van der Waals surface area contributed by atoms with Crippen LogP contribution in [0.1, 0.15) is 18.6 Å². The summed E-state index contributed by atoms with van der Waals surface area (Å²) in [6, 6.07) is 11.6. The molecule has 1 unspecified atom stereocenters. The van der Waals surface area contributed by atoms with Gasteiger partial charge in [-0.05, 0) is 56.2 Å². The molecule has 0 spiro atoms. The van der Waals surface area contributed by atoms with Crippen LogP contribution < -0.4 is 10.2 Å². The minimum absolute atomic E-state index is 0.0751. The van der Waals surface area contributed by atoms with E-state index in [-0.39, 0.29) is 17.6 Å². The number of benzene rings is 1. The minimum atomic E-state index is -0.285. The first-order chi connectivity index (χ1) is 13.6. The van der Waals surface area contributed by atoms with E-state index in [9.17, 15) is 9.18 Å². The molecule has 3 heterocycles. The third-order valence-corrected chi connectivity index (χ3v) is 4.79. The van der Waals surface area contributed by atoms with Gasteiger partial charge in [0.2, 0.25) is 5.91 Å². The summed E-state index contributed by atoms with van der Waals surface area (Å²) in [6.45, 7) is 3.16. The number of hydrogen-bond acceptors (Lipinski definition) is 6. The van der Waals surface area contributed by atoms with Gasteiger partial charge in [-0.2, -0.15) is 0 Å². The molecule has 0 aliphatic carbocycles. The molecule has 1 aromatic carbocycles. The molecule has 3 aromatic rings. The van der Waals surface area contributed by atoms with Crippen molar-refractivity contribution in [3.63, 3.8) is 0 Å². The van der Waals surface area contributed by atoms with Crippen molar-refractivity contribution in [2.24, 2.45) is 5.92 Å². The lowest BCUT2D eigenvalue weighted by Gasteiger charge is -2.32. The summed E-state index contributed by atoms with van der Waals surface area (Å²) >= 11 is 0. The maximum Gasteiger partial charge on any atom is 0.230 e. The molecule has 1 amide bonds. The van der Waals surface area contributed by atoms with E-state index in [1.54, 1.807) is 25.1 Å². The van der Waals surface area contributed by atoms with Crippen molar-refractivity contribution in [1.29, 1.82) is 0 Å². The molecule has 1 atom stereocenters. The van der Waals surface area contributed by atoms with E-state index in [2.05, 4.69) is 25.6 Å². The van der Waals surface area contributed by atoms with Gasteiger partial charge in [-0.15, -0.1) is 10.2 Å². The van der Waals surface area contributed by atoms with E-state index in [0.29, 0.717) is 23.8 Å². The van der Waals surface area contributed by atoms with Gasteiger partial charge in [0.05, 0.1) is 11.6 Å². The largest absolute Gasteiger partial charge is 0.360 e. The average Bonchev–Trinajstić information content (AvgIpc) is 3.13. The molecule has 1 N–H and O–H groups in total. The Morgan fingerprint density at radius 1 is 1.21 bits per heavy atom.